The van der Waals surface area contributed by atoms with Crippen molar-refractivity contribution < 1.29 is 9.53 Å². The lowest BCUT2D eigenvalue weighted by atomic mass is 10.2. The molecular weight excluding hydrogens is 276 g/mol. The zero-order valence-electron chi connectivity index (χ0n) is 12.6. The Morgan fingerprint density at radius 1 is 1.18 bits per heavy atom. The van der Waals surface area contributed by atoms with Gasteiger partial charge in [-0.1, -0.05) is 31.2 Å². The molecule has 0 aromatic heterocycles. The van der Waals surface area contributed by atoms with Crippen molar-refractivity contribution in [3.05, 3.63) is 60.2 Å². The van der Waals surface area contributed by atoms with Gasteiger partial charge in [-0.15, -0.1) is 0 Å². The fourth-order valence-corrected chi connectivity index (χ4v) is 1.86. The molecule has 114 valence electrons. The molecule has 3 N–H and O–H groups in total. The molecule has 0 spiro atoms. The molecular formula is C18H20N2O2. The van der Waals surface area contributed by atoms with E-state index in [4.69, 9.17) is 10.5 Å². The maximum atomic E-state index is 12.0. The number of ether oxygens (including phenoxy) is 1. The third-order valence-corrected chi connectivity index (χ3v) is 2.97. The molecule has 4 heteroatoms. The number of nitrogens with one attached hydrogen (secondary N) is 1. The summed E-state index contributed by atoms with van der Waals surface area (Å²) in [6.07, 6.45) is 4.14. The fraction of sp³-hybridized carbons (Fsp3) is 0.167. The van der Waals surface area contributed by atoms with E-state index in [1.807, 2.05) is 43.3 Å². The molecule has 1 amide bonds. The van der Waals surface area contributed by atoms with Crippen molar-refractivity contribution in [2.45, 2.75) is 13.3 Å². The summed E-state index contributed by atoms with van der Waals surface area (Å²) in [5.41, 5.74) is 7.91. The monoisotopic (exact) mass is 296 g/mol. The third-order valence-electron chi connectivity index (χ3n) is 2.97. The number of carbonyl (C=O) groups is 1. The van der Waals surface area contributed by atoms with Crippen LogP contribution in [0.25, 0.3) is 6.08 Å². The van der Waals surface area contributed by atoms with Crippen LogP contribution in [0.15, 0.2) is 54.6 Å². The summed E-state index contributed by atoms with van der Waals surface area (Å²) in [4.78, 5) is 12.0. The topological polar surface area (TPSA) is 64.3 Å². The maximum Gasteiger partial charge on any atom is 0.248 e. The number of hydrogen-bond donors (Lipinski definition) is 2. The molecule has 0 saturated carbocycles. The number of nitrogens with two attached hydrogens (primary N) is 1. The van der Waals surface area contributed by atoms with Crippen LogP contribution < -0.4 is 15.8 Å². The van der Waals surface area contributed by atoms with Gasteiger partial charge < -0.3 is 15.8 Å². The van der Waals surface area contributed by atoms with E-state index in [1.165, 1.54) is 6.08 Å². The van der Waals surface area contributed by atoms with E-state index in [-0.39, 0.29) is 5.91 Å². The van der Waals surface area contributed by atoms with E-state index in [9.17, 15) is 4.79 Å². The van der Waals surface area contributed by atoms with Crippen LogP contribution in [0.5, 0.6) is 5.75 Å². The van der Waals surface area contributed by atoms with Gasteiger partial charge in [-0.25, -0.2) is 0 Å². The molecule has 0 unspecified atom stereocenters. The minimum Gasteiger partial charge on any atom is -0.491 e. The van der Waals surface area contributed by atoms with Gasteiger partial charge in [0.2, 0.25) is 5.91 Å². The van der Waals surface area contributed by atoms with Gasteiger partial charge in [-0.05, 0) is 42.3 Å². The number of carbonyl (C=O) groups excluding carboxylic acids is 1. The van der Waals surface area contributed by atoms with E-state index >= 15 is 0 Å². The number of rotatable bonds is 6. The van der Waals surface area contributed by atoms with Crippen LogP contribution in [-0.4, -0.2) is 12.5 Å². The number of benzene rings is 2. The highest BCUT2D eigenvalue weighted by molar-refractivity contribution is 6.02. The predicted molar refractivity (Wildman–Crippen MR) is 90.7 cm³/mol. The van der Waals surface area contributed by atoms with Crippen molar-refractivity contribution >= 4 is 23.4 Å². The molecule has 0 saturated heterocycles. The Labute approximate surface area is 130 Å². The van der Waals surface area contributed by atoms with Gasteiger partial charge in [-0.2, -0.15) is 0 Å². The second kappa shape index (κ2) is 7.88. The molecule has 4 nitrogen and oxygen atoms in total. The summed E-state index contributed by atoms with van der Waals surface area (Å²) in [7, 11) is 0. The van der Waals surface area contributed by atoms with Crippen LogP contribution >= 0.6 is 0 Å². The predicted octanol–water partition coefficient (Wildman–Crippen LogP) is 3.71. The smallest absolute Gasteiger partial charge is 0.248 e. The molecule has 0 heterocycles. The van der Waals surface area contributed by atoms with Crippen LogP contribution in [-0.2, 0) is 4.79 Å². The van der Waals surface area contributed by atoms with Gasteiger partial charge in [0.1, 0.15) is 5.75 Å². The summed E-state index contributed by atoms with van der Waals surface area (Å²) in [6, 6.07) is 14.7. The molecule has 0 aliphatic rings. The van der Waals surface area contributed by atoms with E-state index in [0.717, 1.165) is 12.0 Å². The van der Waals surface area contributed by atoms with E-state index in [1.54, 1.807) is 18.2 Å². The fourth-order valence-electron chi connectivity index (χ4n) is 1.86. The number of hydrogen-bond acceptors (Lipinski definition) is 3. The number of nitrogen functional groups attached to an aromatic ring is 1. The second-order valence-electron chi connectivity index (χ2n) is 4.83. The lowest BCUT2D eigenvalue weighted by Crippen LogP contribution is -2.09. The summed E-state index contributed by atoms with van der Waals surface area (Å²) in [5, 5.41) is 2.83. The SMILES string of the molecule is CCCOc1ccccc1NC(=O)/C=C/c1ccc(N)cc1. The molecule has 0 atom stereocenters. The molecule has 0 radical (unpaired) electrons. The van der Waals surface area contributed by atoms with E-state index in [2.05, 4.69) is 5.32 Å². The maximum absolute atomic E-state index is 12.0. The van der Waals surface area contributed by atoms with Gasteiger partial charge in [-0.3, -0.25) is 4.79 Å². The zero-order chi connectivity index (χ0) is 15.8. The molecule has 2 aromatic rings. The Hall–Kier alpha value is -2.75. The van der Waals surface area contributed by atoms with Crippen LogP contribution in [0, 0.1) is 0 Å². The number of anilines is 2. The van der Waals surface area contributed by atoms with Crippen molar-refractivity contribution in [2.75, 3.05) is 17.7 Å². The number of amides is 1. The van der Waals surface area contributed by atoms with E-state index in [0.29, 0.717) is 23.7 Å². The number of para-hydroxylation sites is 2. The second-order valence-corrected chi connectivity index (χ2v) is 4.83. The highest BCUT2D eigenvalue weighted by Crippen LogP contribution is 2.23. The highest BCUT2D eigenvalue weighted by atomic mass is 16.5. The van der Waals surface area contributed by atoms with Gasteiger partial charge in [0, 0.05) is 11.8 Å². The summed E-state index contributed by atoms with van der Waals surface area (Å²) < 4.78 is 5.61. The van der Waals surface area contributed by atoms with Crippen molar-refractivity contribution in [1.29, 1.82) is 0 Å². The molecule has 2 aromatic carbocycles. The first-order chi connectivity index (χ1) is 10.7. The summed E-state index contributed by atoms with van der Waals surface area (Å²) >= 11 is 0. The lowest BCUT2D eigenvalue weighted by Gasteiger charge is -2.10. The van der Waals surface area contributed by atoms with Crippen LogP contribution in [0.1, 0.15) is 18.9 Å². The van der Waals surface area contributed by atoms with Crippen LogP contribution in [0.3, 0.4) is 0 Å². The minimum absolute atomic E-state index is 0.204. The van der Waals surface area contributed by atoms with Crippen LogP contribution in [0.2, 0.25) is 0 Å². The van der Waals surface area contributed by atoms with Gasteiger partial charge in [0.15, 0.2) is 0 Å². The molecule has 0 fully saturated rings. The van der Waals surface area contributed by atoms with Gasteiger partial charge in [0.05, 0.1) is 12.3 Å². The molecule has 0 aliphatic carbocycles. The molecule has 0 aliphatic heterocycles. The molecule has 0 bridgehead atoms. The Balaban J connectivity index is 2.01. The third kappa shape index (κ3) is 4.66. The first-order valence-electron chi connectivity index (χ1n) is 7.25. The highest BCUT2D eigenvalue weighted by Gasteiger charge is 2.04. The normalized spacial score (nSPS) is 10.6. The zero-order valence-corrected chi connectivity index (χ0v) is 12.6. The molecule has 2 rings (SSSR count). The van der Waals surface area contributed by atoms with Crippen molar-refractivity contribution in [2.24, 2.45) is 0 Å². The molecule has 22 heavy (non-hydrogen) atoms. The summed E-state index contributed by atoms with van der Waals surface area (Å²) in [5.74, 6) is 0.475. The standard InChI is InChI=1S/C18H20N2O2/c1-2-13-22-17-6-4-3-5-16(17)20-18(21)12-9-14-7-10-15(19)11-8-14/h3-12H,2,13,19H2,1H3,(H,20,21)/b12-9+. The average molecular weight is 296 g/mol. The summed E-state index contributed by atoms with van der Waals surface area (Å²) in [6.45, 7) is 2.66. The Bertz CT molecular complexity index is 648. The van der Waals surface area contributed by atoms with Crippen molar-refractivity contribution in [3.63, 3.8) is 0 Å². The quantitative estimate of drug-likeness (QED) is 0.631. The largest absolute Gasteiger partial charge is 0.491 e. The van der Waals surface area contributed by atoms with Crippen molar-refractivity contribution in [3.8, 4) is 5.75 Å². The Morgan fingerprint density at radius 3 is 2.64 bits per heavy atom. The van der Waals surface area contributed by atoms with Crippen molar-refractivity contribution in [1.82, 2.24) is 0 Å². The van der Waals surface area contributed by atoms with Crippen LogP contribution in [0.4, 0.5) is 11.4 Å². The average Bonchev–Trinajstić information content (AvgIpc) is 2.53. The Morgan fingerprint density at radius 2 is 1.91 bits per heavy atom. The van der Waals surface area contributed by atoms with E-state index < -0.39 is 0 Å². The first-order valence-corrected chi connectivity index (χ1v) is 7.25. The van der Waals surface area contributed by atoms with Gasteiger partial charge >= 0.3 is 0 Å². The first kappa shape index (κ1) is 15.6. The van der Waals surface area contributed by atoms with Gasteiger partial charge in [0.25, 0.3) is 0 Å². The Kier molecular flexibility index (Phi) is 5.60. The minimum atomic E-state index is -0.204. The lowest BCUT2D eigenvalue weighted by molar-refractivity contribution is -0.111.